The first-order chi connectivity index (χ1) is 13.6. The van der Waals surface area contributed by atoms with E-state index in [2.05, 4.69) is 10.6 Å². The van der Waals surface area contributed by atoms with Crippen molar-refractivity contribution in [1.29, 1.82) is 0 Å². The zero-order valence-corrected chi connectivity index (χ0v) is 18.3. The van der Waals surface area contributed by atoms with Crippen LogP contribution < -0.4 is 15.4 Å². The third kappa shape index (κ3) is 5.28. The van der Waals surface area contributed by atoms with Crippen molar-refractivity contribution in [3.05, 3.63) is 57.9 Å². The molecule has 0 spiro atoms. The van der Waals surface area contributed by atoms with E-state index < -0.39 is 0 Å². The molecule has 2 N–H and O–H groups in total. The van der Waals surface area contributed by atoms with Gasteiger partial charge < -0.3 is 15.4 Å². The first kappa shape index (κ1) is 21.1. The van der Waals surface area contributed by atoms with Gasteiger partial charge in [0, 0.05) is 10.9 Å². The summed E-state index contributed by atoms with van der Waals surface area (Å²) in [6.45, 7) is 7.60. The van der Waals surface area contributed by atoms with E-state index in [0.29, 0.717) is 21.3 Å². The summed E-state index contributed by atoms with van der Waals surface area (Å²) in [4.78, 5) is 25.4. The molecule has 152 valence electrons. The molecule has 2 amide bonds. The van der Waals surface area contributed by atoms with E-state index in [1.54, 1.807) is 12.1 Å². The van der Waals surface area contributed by atoms with Gasteiger partial charge in [-0.3, -0.25) is 9.59 Å². The minimum atomic E-state index is -0.374. The average molecular weight is 431 g/mol. The molecule has 0 fully saturated rings. The molecule has 0 aliphatic heterocycles. The van der Waals surface area contributed by atoms with Crippen LogP contribution in [0, 0.1) is 6.92 Å². The fourth-order valence-electron chi connectivity index (χ4n) is 2.70. The quantitative estimate of drug-likeness (QED) is 0.568. The van der Waals surface area contributed by atoms with E-state index >= 15 is 0 Å². The van der Waals surface area contributed by atoms with Crippen LogP contribution in [0.4, 0.5) is 5.69 Å². The molecule has 5 nitrogen and oxygen atoms in total. The number of hydrogen-bond acceptors (Lipinski definition) is 4. The number of carbonyl (C=O) groups is 2. The summed E-state index contributed by atoms with van der Waals surface area (Å²) in [5, 5.41) is 6.89. The second-order valence-electron chi connectivity index (χ2n) is 7.78. The number of aryl methyl sites for hydroxylation is 1. The molecular weight excluding hydrogens is 408 g/mol. The van der Waals surface area contributed by atoms with E-state index in [0.717, 1.165) is 15.6 Å². The Morgan fingerprint density at radius 2 is 1.79 bits per heavy atom. The molecule has 0 radical (unpaired) electrons. The molecule has 0 bridgehead atoms. The van der Waals surface area contributed by atoms with Gasteiger partial charge in [-0.1, -0.05) is 41.4 Å². The molecule has 0 saturated carbocycles. The Morgan fingerprint density at radius 1 is 1.10 bits per heavy atom. The van der Waals surface area contributed by atoms with Gasteiger partial charge in [0.15, 0.2) is 6.61 Å². The van der Waals surface area contributed by atoms with Gasteiger partial charge in [0.1, 0.15) is 10.6 Å². The highest BCUT2D eigenvalue weighted by atomic mass is 35.5. The summed E-state index contributed by atoms with van der Waals surface area (Å²) in [5.74, 6) is 0.108. The molecule has 0 aliphatic rings. The maximum atomic E-state index is 12.6. The zero-order chi connectivity index (χ0) is 21.2. The number of anilines is 1. The van der Waals surface area contributed by atoms with E-state index in [9.17, 15) is 9.59 Å². The highest BCUT2D eigenvalue weighted by Gasteiger charge is 2.22. The minimum Gasteiger partial charge on any atom is -0.484 e. The van der Waals surface area contributed by atoms with Gasteiger partial charge in [-0.2, -0.15) is 0 Å². The van der Waals surface area contributed by atoms with Crippen molar-refractivity contribution in [1.82, 2.24) is 5.32 Å². The van der Waals surface area contributed by atoms with Gasteiger partial charge in [-0.05, 0) is 45.9 Å². The topological polar surface area (TPSA) is 67.4 Å². The molecule has 0 atom stereocenters. The SMILES string of the molecule is Cc1ccc(OCC(=O)Nc2cccc3c(Cl)c(C(=O)NC(C)(C)C)sc23)cc1. The number of amides is 2. The maximum absolute atomic E-state index is 12.6. The monoisotopic (exact) mass is 430 g/mol. The summed E-state index contributed by atoms with van der Waals surface area (Å²) in [6, 6.07) is 12.9. The van der Waals surface area contributed by atoms with Crippen molar-refractivity contribution in [2.45, 2.75) is 33.2 Å². The molecule has 0 aliphatic carbocycles. The van der Waals surface area contributed by atoms with E-state index in [-0.39, 0.29) is 24.0 Å². The lowest BCUT2D eigenvalue weighted by Gasteiger charge is -2.19. The molecule has 7 heteroatoms. The largest absolute Gasteiger partial charge is 0.484 e. The van der Waals surface area contributed by atoms with Crippen LogP contribution in [-0.4, -0.2) is 24.0 Å². The highest BCUT2D eigenvalue weighted by molar-refractivity contribution is 7.22. The Hall–Kier alpha value is -2.57. The van der Waals surface area contributed by atoms with Crippen molar-refractivity contribution in [3.8, 4) is 5.75 Å². The number of benzene rings is 2. The van der Waals surface area contributed by atoms with Gasteiger partial charge >= 0.3 is 0 Å². The van der Waals surface area contributed by atoms with Crippen molar-refractivity contribution in [3.63, 3.8) is 0 Å². The van der Waals surface area contributed by atoms with Gasteiger partial charge in [0.05, 0.1) is 15.4 Å². The van der Waals surface area contributed by atoms with Crippen molar-refractivity contribution in [2.75, 3.05) is 11.9 Å². The Labute approximate surface area is 179 Å². The number of fused-ring (bicyclic) bond motifs is 1. The number of carbonyl (C=O) groups excluding carboxylic acids is 2. The summed E-state index contributed by atoms with van der Waals surface area (Å²) in [6.07, 6.45) is 0. The molecule has 1 heterocycles. The van der Waals surface area contributed by atoms with Gasteiger partial charge in [0.25, 0.3) is 11.8 Å². The molecule has 29 heavy (non-hydrogen) atoms. The van der Waals surface area contributed by atoms with Crippen LogP contribution >= 0.6 is 22.9 Å². The number of rotatable bonds is 5. The minimum absolute atomic E-state index is 0.115. The van der Waals surface area contributed by atoms with Crippen LogP contribution in [0.2, 0.25) is 5.02 Å². The zero-order valence-electron chi connectivity index (χ0n) is 16.8. The second kappa shape index (κ2) is 8.43. The standard InChI is InChI=1S/C22H23ClN2O3S/c1-13-8-10-14(11-9-13)28-12-17(26)24-16-7-5-6-15-18(23)20(29-19(15)16)21(27)25-22(2,3)4/h5-11H,12H2,1-4H3,(H,24,26)(H,25,27). The van der Waals surface area contributed by atoms with E-state index in [1.165, 1.54) is 11.3 Å². The fraction of sp³-hybridized carbons (Fsp3) is 0.273. The number of ether oxygens (including phenoxy) is 1. The lowest BCUT2D eigenvalue weighted by Crippen LogP contribution is -2.40. The smallest absolute Gasteiger partial charge is 0.263 e. The second-order valence-corrected chi connectivity index (χ2v) is 9.18. The number of hydrogen-bond donors (Lipinski definition) is 2. The predicted molar refractivity (Wildman–Crippen MR) is 119 cm³/mol. The molecule has 0 unspecified atom stereocenters. The Balaban J connectivity index is 1.77. The molecule has 0 saturated heterocycles. The lowest BCUT2D eigenvalue weighted by atomic mass is 10.1. The van der Waals surface area contributed by atoms with Crippen molar-refractivity contribution in [2.24, 2.45) is 0 Å². The number of thiophene rings is 1. The van der Waals surface area contributed by atoms with Crippen molar-refractivity contribution >= 4 is 50.5 Å². The Bertz CT molecular complexity index is 1050. The van der Waals surface area contributed by atoms with Crippen LogP contribution in [0.3, 0.4) is 0 Å². The van der Waals surface area contributed by atoms with Crippen LogP contribution in [0.15, 0.2) is 42.5 Å². The third-order valence-electron chi connectivity index (χ3n) is 4.01. The normalized spacial score (nSPS) is 11.3. The van der Waals surface area contributed by atoms with Crippen LogP contribution in [0.5, 0.6) is 5.75 Å². The van der Waals surface area contributed by atoms with E-state index in [1.807, 2.05) is 58.0 Å². The van der Waals surface area contributed by atoms with Crippen LogP contribution in [0.1, 0.15) is 36.0 Å². The van der Waals surface area contributed by atoms with Crippen LogP contribution in [-0.2, 0) is 4.79 Å². The molecule has 3 aromatic rings. The molecule has 3 rings (SSSR count). The molecule has 1 aromatic heterocycles. The van der Waals surface area contributed by atoms with Gasteiger partial charge in [-0.15, -0.1) is 11.3 Å². The summed E-state index contributed by atoms with van der Waals surface area (Å²) in [5.41, 5.74) is 1.34. The lowest BCUT2D eigenvalue weighted by molar-refractivity contribution is -0.118. The maximum Gasteiger partial charge on any atom is 0.263 e. The highest BCUT2D eigenvalue weighted by Crippen LogP contribution is 2.39. The fourth-order valence-corrected chi connectivity index (χ4v) is 4.17. The molecule has 2 aromatic carbocycles. The van der Waals surface area contributed by atoms with Gasteiger partial charge in [0.2, 0.25) is 0 Å². The first-order valence-electron chi connectivity index (χ1n) is 9.17. The average Bonchev–Trinajstić information content (AvgIpc) is 2.98. The Morgan fingerprint density at radius 3 is 2.45 bits per heavy atom. The van der Waals surface area contributed by atoms with Gasteiger partial charge in [-0.25, -0.2) is 0 Å². The van der Waals surface area contributed by atoms with Crippen molar-refractivity contribution < 1.29 is 14.3 Å². The number of halogens is 1. The summed E-state index contributed by atoms with van der Waals surface area (Å²) >= 11 is 7.71. The number of nitrogens with one attached hydrogen (secondary N) is 2. The third-order valence-corrected chi connectivity index (χ3v) is 5.76. The molecular formula is C22H23ClN2O3S. The van der Waals surface area contributed by atoms with Crippen LogP contribution in [0.25, 0.3) is 10.1 Å². The first-order valence-corrected chi connectivity index (χ1v) is 10.4. The predicted octanol–water partition coefficient (Wildman–Crippen LogP) is 5.41. The Kier molecular flexibility index (Phi) is 6.15. The van der Waals surface area contributed by atoms with E-state index in [4.69, 9.17) is 16.3 Å². The summed E-state index contributed by atoms with van der Waals surface area (Å²) < 4.78 is 6.28. The summed E-state index contributed by atoms with van der Waals surface area (Å²) in [7, 11) is 0.